The van der Waals surface area contributed by atoms with Crippen molar-refractivity contribution in [2.45, 2.75) is 25.3 Å². The molecule has 0 bridgehead atoms. The lowest BCUT2D eigenvalue weighted by atomic mass is 10.1. The van der Waals surface area contributed by atoms with Gasteiger partial charge in [-0.2, -0.15) is 13.2 Å². The predicted molar refractivity (Wildman–Crippen MR) is 64.6 cm³/mol. The van der Waals surface area contributed by atoms with Gasteiger partial charge in [0.25, 0.3) is 0 Å². The molecule has 0 spiro atoms. The molecule has 1 rings (SSSR count). The molecular weight excluding hydrogens is 320 g/mol. The number of hydrogen-bond acceptors (Lipinski definition) is 1. The van der Waals surface area contributed by atoms with Crippen LogP contribution >= 0.6 is 27.5 Å². The normalized spacial score (nSPS) is 15.6. The second-order valence-electron chi connectivity index (χ2n) is 3.51. The van der Waals surface area contributed by atoms with E-state index in [0.717, 1.165) is 6.92 Å². The minimum absolute atomic E-state index is 0.287. The topological polar surface area (TPSA) is 9.23 Å². The first-order valence-corrected chi connectivity index (χ1v) is 6.38. The Hall–Kier alpha value is -0.260. The average molecular weight is 332 g/mol. The molecule has 17 heavy (non-hydrogen) atoms. The second-order valence-corrected chi connectivity index (χ2v) is 4.60. The summed E-state index contributed by atoms with van der Waals surface area (Å²) in [5.74, 6) is 0. The summed E-state index contributed by atoms with van der Waals surface area (Å²) in [5.41, 5.74) is 0.655. The molecule has 6 heteroatoms. The van der Waals surface area contributed by atoms with E-state index >= 15 is 0 Å². The molecule has 0 aromatic heterocycles. The van der Waals surface area contributed by atoms with Crippen LogP contribution in [0.15, 0.2) is 24.3 Å². The summed E-state index contributed by atoms with van der Waals surface area (Å²) in [6.07, 6.45) is -6.81. The molecular formula is C11H11BrClF3O. The van der Waals surface area contributed by atoms with Crippen molar-refractivity contribution >= 4 is 27.5 Å². The number of alkyl halides is 4. The standard InChI is InChI=1S/C11H11BrClF3O/c1-7(11(14,15)16)17-10(6-12)8-2-4-9(13)5-3-8/h2-5,7,10H,6H2,1H3. The molecule has 0 radical (unpaired) electrons. The molecule has 1 aromatic carbocycles. The molecule has 0 amide bonds. The van der Waals surface area contributed by atoms with Gasteiger partial charge in [-0.1, -0.05) is 39.7 Å². The van der Waals surface area contributed by atoms with E-state index in [2.05, 4.69) is 15.9 Å². The molecule has 96 valence electrons. The summed E-state index contributed by atoms with van der Waals surface area (Å²) in [4.78, 5) is 0. The summed E-state index contributed by atoms with van der Waals surface area (Å²) in [7, 11) is 0. The fourth-order valence-corrected chi connectivity index (χ4v) is 1.86. The van der Waals surface area contributed by atoms with Gasteiger partial charge in [0.05, 0.1) is 6.10 Å². The highest BCUT2D eigenvalue weighted by molar-refractivity contribution is 9.09. The first-order chi connectivity index (χ1) is 7.84. The number of halogens is 5. The van der Waals surface area contributed by atoms with Crippen LogP contribution in [0.4, 0.5) is 13.2 Å². The SMILES string of the molecule is CC(OC(CBr)c1ccc(Cl)cc1)C(F)(F)F. The van der Waals surface area contributed by atoms with E-state index in [0.29, 0.717) is 10.6 Å². The minimum atomic E-state index is -4.35. The molecule has 0 aliphatic carbocycles. The molecule has 2 unspecified atom stereocenters. The van der Waals surface area contributed by atoms with Crippen LogP contribution in [0.5, 0.6) is 0 Å². The third-order valence-electron chi connectivity index (χ3n) is 2.21. The zero-order valence-electron chi connectivity index (χ0n) is 8.97. The third-order valence-corrected chi connectivity index (χ3v) is 3.05. The molecule has 1 aromatic rings. The monoisotopic (exact) mass is 330 g/mol. The zero-order valence-corrected chi connectivity index (χ0v) is 11.3. The summed E-state index contributed by atoms with van der Waals surface area (Å²) in [5, 5.41) is 0.820. The van der Waals surface area contributed by atoms with E-state index in [9.17, 15) is 13.2 Å². The highest BCUT2D eigenvalue weighted by Crippen LogP contribution is 2.29. The Bertz CT molecular complexity index is 353. The van der Waals surface area contributed by atoms with Crippen molar-refractivity contribution in [3.63, 3.8) is 0 Å². The highest BCUT2D eigenvalue weighted by atomic mass is 79.9. The van der Waals surface area contributed by atoms with Crippen molar-refractivity contribution in [3.8, 4) is 0 Å². The van der Waals surface area contributed by atoms with Crippen LogP contribution < -0.4 is 0 Å². The van der Waals surface area contributed by atoms with E-state index in [-0.39, 0.29) is 5.33 Å². The Labute approximate surface area is 111 Å². The first kappa shape index (κ1) is 14.8. The molecule has 1 nitrogen and oxygen atoms in total. The van der Waals surface area contributed by atoms with Crippen LogP contribution in [0, 0.1) is 0 Å². The average Bonchev–Trinajstić information content (AvgIpc) is 2.25. The van der Waals surface area contributed by atoms with Crippen molar-refractivity contribution in [2.24, 2.45) is 0 Å². The Morgan fingerprint density at radius 2 is 1.82 bits per heavy atom. The minimum Gasteiger partial charge on any atom is -0.360 e. The largest absolute Gasteiger partial charge is 0.414 e. The number of hydrogen-bond donors (Lipinski definition) is 0. The molecule has 0 N–H and O–H groups in total. The van der Waals surface area contributed by atoms with Gasteiger partial charge in [0, 0.05) is 10.4 Å². The second kappa shape index (κ2) is 6.07. The van der Waals surface area contributed by atoms with Gasteiger partial charge in [-0.25, -0.2) is 0 Å². The lowest BCUT2D eigenvalue weighted by Gasteiger charge is -2.23. The maximum atomic E-state index is 12.4. The Balaban J connectivity index is 2.75. The molecule has 2 atom stereocenters. The molecule has 0 aliphatic heterocycles. The summed E-state index contributed by atoms with van der Waals surface area (Å²) >= 11 is 8.85. The Morgan fingerprint density at radius 3 is 2.24 bits per heavy atom. The van der Waals surface area contributed by atoms with Gasteiger partial charge >= 0.3 is 6.18 Å². The quantitative estimate of drug-likeness (QED) is 0.724. The zero-order chi connectivity index (χ0) is 13.1. The van der Waals surface area contributed by atoms with E-state index in [1.165, 1.54) is 0 Å². The molecule has 0 heterocycles. The Kier molecular flexibility index (Phi) is 5.28. The van der Waals surface area contributed by atoms with Crippen molar-refractivity contribution in [1.82, 2.24) is 0 Å². The van der Waals surface area contributed by atoms with Gasteiger partial charge < -0.3 is 4.74 Å². The van der Waals surface area contributed by atoms with Crippen LogP contribution in [0.3, 0.4) is 0 Å². The molecule has 0 saturated heterocycles. The highest BCUT2D eigenvalue weighted by Gasteiger charge is 2.38. The van der Waals surface area contributed by atoms with E-state index in [4.69, 9.17) is 16.3 Å². The molecule has 0 fully saturated rings. The number of benzene rings is 1. The van der Waals surface area contributed by atoms with Crippen molar-refractivity contribution in [1.29, 1.82) is 0 Å². The van der Waals surface area contributed by atoms with Gasteiger partial charge in [0.15, 0.2) is 6.10 Å². The fourth-order valence-electron chi connectivity index (χ4n) is 1.21. The first-order valence-electron chi connectivity index (χ1n) is 4.88. The lowest BCUT2D eigenvalue weighted by molar-refractivity contribution is -0.225. The van der Waals surface area contributed by atoms with Gasteiger partial charge in [0.1, 0.15) is 0 Å². The van der Waals surface area contributed by atoms with Crippen LogP contribution in [0.25, 0.3) is 0 Å². The van der Waals surface area contributed by atoms with E-state index in [1.807, 2.05) is 0 Å². The maximum absolute atomic E-state index is 12.4. The molecule has 0 saturated carbocycles. The number of ether oxygens (including phenoxy) is 1. The van der Waals surface area contributed by atoms with Crippen molar-refractivity contribution in [3.05, 3.63) is 34.9 Å². The van der Waals surface area contributed by atoms with Crippen molar-refractivity contribution < 1.29 is 17.9 Å². The van der Waals surface area contributed by atoms with Crippen LogP contribution in [-0.2, 0) is 4.74 Å². The summed E-state index contributed by atoms with van der Waals surface area (Å²) < 4.78 is 42.1. The predicted octanol–water partition coefficient (Wildman–Crippen LogP) is 4.74. The fraction of sp³-hybridized carbons (Fsp3) is 0.455. The smallest absolute Gasteiger partial charge is 0.360 e. The van der Waals surface area contributed by atoms with Crippen LogP contribution in [-0.4, -0.2) is 17.6 Å². The number of rotatable bonds is 4. The van der Waals surface area contributed by atoms with Crippen molar-refractivity contribution in [2.75, 3.05) is 5.33 Å². The lowest BCUT2D eigenvalue weighted by Crippen LogP contribution is -2.30. The molecule has 0 aliphatic rings. The van der Waals surface area contributed by atoms with Gasteiger partial charge in [0.2, 0.25) is 0 Å². The van der Waals surface area contributed by atoms with E-state index < -0.39 is 18.4 Å². The summed E-state index contributed by atoms with van der Waals surface area (Å²) in [6.45, 7) is 0.992. The van der Waals surface area contributed by atoms with E-state index in [1.54, 1.807) is 24.3 Å². The van der Waals surface area contributed by atoms with Gasteiger partial charge in [-0.3, -0.25) is 0 Å². The summed E-state index contributed by atoms with van der Waals surface area (Å²) in [6, 6.07) is 6.54. The van der Waals surface area contributed by atoms with Crippen LogP contribution in [0.1, 0.15) is 18.6 Å². The Morgan fingerprint density at radius 1 is 1.29 bits per heavy atom. The van der Waals surface area contributed by atoms with Gasteiger partial charge in [-0.05, 0) is 24.6 Å². The third kappa shape index (κ3) is 4.48. The van der Waals surface area contributed by atoms with Gasteiger partial charge in [-0.15, -0.1) is 0 Å². The maximum Gasteiger partial charge on any atom is 0.414 e. The van der Waals surface area contributed by atoms with Crippen LogP contribution in [0.2, 0.25) is 5.02 Å².